The van der Waals surface area contributed by atoms with Crippen molar-refractivity contribution in [2.45, 2.75) is 70.4 Å². The van der Waals surface area contributed by atoms with E-state index in [0.29, 0.717) is 12.3 Å². The summed E-state index contributed by atoms with van der Waals surface area (Å²) >= 11 is 0. The van der Waals surface area contributed by atoms with Gasteiger partial charge in [0.1, 0.15) is 6.33 Å². The van der Waals surface area contributed by atoms with Gasteiger partial charge in [-0.15, -0.1) is 0 Å². The van der Waals surface area contributed by atoms with Crippen LogP contribution in [0, 0.1) is 18.8 Å². The quantitative estimate of drug-likeness (QED) is 0.620. The van der Waals surface area contributed by atoms with Gasteiger partial charge in [-0.2, -0.15) is 0 Å². The van der Waals surface area contributed by atoms with Crippen LogP contribution in [0.4, 0.5) is 0 Å². The molecule has 182 valence electrons. The first-order chi connectivity index (χ1) is 16.5. The molecule has 34 heavy (non-hydrogen) atoms. The topological polar surface area (TPSA) is 101 Å². The molecule has 3 unspecified atom stereocenters. The minimum Gasteiger partial charge on any atom is -0.368 e. The first-order valence-corrected chi connectivity index (χ1v) is 12.6. The van der Waals surface area contributed by atoms with Crippen LogP contribution >= 0.6 is 0 Å². The van der Waals surface area contributed by atoms with Crippen LogP contribution < -0.4 is 11.1 Å². The van der Waals surface area contributed by atoms with Gasteiger partial charge in [0.15, 0.2) is 0 Å². The van der Waals surface area contributed by atoms with Crippen molar-refractivity contribution in [3.05, 3.63) is 47.9 Å². The van der Waals surface area contributed by atoms with E-state index in [4.69, 9.17) is 5.73 Å². The Balaban J connectivity index is 1.60. The van der Waals surface area contributed by atoms with Gasteiger partial charge in [-0.05, 0) is 63.6 Å². The first-order valence-electron chi connectivity index (χ1n) is 12.6. The number of hydrogen-bond acceptors (Lipinski definition) is 5. The number of benzene rings is 1. The molecule has 2 aliphatic rings. The van der Waals surface area contributed by atoms with E-state index in [2.05, 4.69) is 34.3 Å². The number of likely N-dealkylation sites (N-methyl/N-ethyl adjacent to an activating group) is 1. The van der Waals surface area contributed by atoms with E-state index in [0.717, 1.165) is 67.6 Å². The normalized spacial score (nSPS) is 20.8. The molecule has 3 atom stereocenters. The van der Waals surface area contributed by atoms with Gasteiger partial charge < -0.3 is 16.0 Å². The third-order valence-electron chi connectivity index (χ3n) is 7.70. The Morgan fingerprint density at radius 1 is 1.12 bits per heavy atom. The maximum atomic E-state index is 14.0. The number of nitrogens with one attached hydrogen (secondary N) is 1. The minimum atomic E-state index is -0.497. The Morgan fingerprint density at radius 2 is 1.88 bits per heavy atom. The van der Waals surface area contributed by atoms with Crippen molar-refractivity contribution in [2.75, 3.05) is 13.6 Å². The number of aryl methyl sites for hydroxylation is 1. The fourth-order valence-electron chi connectivity index (χ4n) is 5.77. The molecule has 7 nitrogen and oxygen atoms in total. The maximum absolute atomic E-state index is 14.0. The summed E-state index contributed by atoms with van der Waals surface area (Å²) in [7, 11) is 1.74. The minimum absolute atomic E-state index is 0.0639. The van der Waals surface area contributed by atoms with E-state index in [-0.39, 0.29) is 17.9 Å². The van der Waals surface area contributed by atoms with Crippen molar-refractivity contribution in [3.8, 4) is 11.3 Å². The fraction of sp³-hybridized carbons (Fsp3) is 0.556. The SMILES string of the molecule is CNC(CC(C(=O)N1CCCC1c1cc(-c2ccccc2C)ncn1)C1CCCCC1)C(N)=O. The molecule has 2 heterocycles. The highest BCUT2D eigenvalue weighted by atomic mass is 16.2. The largest absolute Gasteiger partial charge is 0.368 e. The Bertz CT molecular complexity index is 1000. The van der Waals surface area contributed by atoms with Gasteiger partial charge in [-0.3, -0.25) is 9.59 Å². The molecular weight excluding hydrogens is 426 g/mol. The van der Waals surface area contributed by atoms with Gasteiger partial charge in [-0.25, -0.2) is 9.97 Å². The maximum Gasteiger partial charge on any atom is 0.234 e. The van der Waals surface area contributed by atoms with Gasteiger partial charge in [0.05, 0.1) is 23.5 Å². The van der Waals surface area contributed by atoms with Crippen molar-refractivity contribution >= 4 is 11.8 Å². The predicted molar refractivity (Wildman–Crippen MR) is 133 cm³/mol. The zero-order valence-corrected chi connectivity index (χ0v) is 20.4. The molecule has 7 heteroatoms. The van der Waals surface area contributed by atoms with Gasteiger partial charge in [0, 0.05) is 18.0 Å². The second-order valence-electron chi connectivity index (χ2n) is 9.82. The third-order valence-corrected chi connectivity index (χ3v) is 7.70. The predicted octanol–water partition coefficient (Wildman–Crippen LogP) is 3.78. The molecule has 3 N–H and O–H groups in total. The summed E-state index contributed by atoms with van der Waals surface area (Å²) in [5, 5.41) is 3.02. The number of rotatable bonds is 8. The molecule has 2 aromatic rings. The van der Waals surface area contributed by atoms with E-state index in [1.165, 1.54) is 6.42 Å². The number of carbonyl (C=O) groups is 2. The lowest BCUT2D eigenvalue weighted by molar-refractivity contribution is -0.139. The summed E-state index contributed by atoms with van der Waals surface area (Å²) in [5.41, 5.74) is 9.66. The van der Waals surface area contributed by atoms with Crippen molar-refractivity contribution in [1.82, 2.24) is 20.2 Å². The van der Waals surface area contributed by atoms with E-state index < -0.39 is 11.9 Å². The molecule has 1 saturated heterocycles. The summed E-state index contributed by atoms with van der Waals surface area (Å²) in [6, 6.07) is 9.66. The lowest BCUT2D eigenvalue weighted by atomic mass is 9.76. The molecule has 4 rings (SSSR count). The lowest BCUT2D eigenvalue weighted by Crippen LogP contribution is -2.46. The number of carbonyl (C=O) groups excluding carboxylic acids is 2. The number of amides is 2. The van der Waals surface area contributed by atoms with Crippen LogP contribution in [-0.4, -0.2) is 46.3 Å². The Kier molecular flexibility index (Phi) is 7.93. The highest BCUT2D eigenvalue weighted by Crippen LogP contribution is 2.38. The highest BCUT2D eigenvalue weighted by Gasteiger charge is 2.39. The summed E-state index contributed by atoms with van der Waals surface area (Å²) < 4.78 is 0. The molecule has 1 aromatic carbocycles. The lowest BCUT2D eigenvalue weighted by Gasteiger charge is -2.35. The van der Waals surface area contributed by atoms with Crippen molar-refractivity contribution in [2.24, 2.45) is 17.6 Å². The van der Waals surface area contributed by atoms with Gasteiger partial charge in [-0.1, -0.05) is 43.5 Å². The molecule has 0 spiro atoms. The molecule has 2 amide bonds. The average Bonchev–Trinajstić information content (AvgIpc) is 3.35. The molecule has 1 aliphatic carbocycles. The number of aromatic nitrogens is 2. The summed E-state index contributed by atoms with van der Waals surface area (Å²) in [5.74, 6) is -0.158. The zero-order valence-electron chi connectivity index (χ0n) is 20.4. The Morgan fingerprint density at radius 3 is 2.59 bits per heavy atom. The van der Waals surface area contributed by atoms with Crippen molar-refractivity contribution < 1.29 is 9.59 Å². The second kappa shape index (κ2) is 11.1. The summed E-state index contributed by atoms with van der Waals surface area (Å²) in [4.78, 5) is 37.1. The molecule has 1 saturated carbocycles. The molecule has 0 radical (unpaired) electrons. The molecule has 0 bridgehead atoms. The first kappa shape index (κ1) is 24.3. The van der Waals surface area contributed by atoms with Crippen LogP contribution in [0.2, 0.25) is 0 Å². The monoisotopic (exact) mass is 463 g/mol. The van der Waals surface area contributed by atoms with Crippen molar-refractivity contribution in [3.63, 3.8) is 0 Å². The third kappa shape index (κ3) is 5.30. The number of primary amides is 1. The number of nitrogens with zero attached hydrogens (tertiary/aromatic N) is 3. The summed E-state index contributed by atoms with van der Waals surface area (Å²) in [6.07, 6.45) is 9.48. The Hall–Kier alpha value is -2.80. The summed E-state index contributed by atoms with van der Waals surface area (Å²) in [6.45, 7) is 2.80. The van der Waals surface area contributed by atoms with E-state index in [9.17, 15) is 9.59 Å². The average molecular weight is 464 g/mol. The number of hydrogen-bond donors (Lipinski definition) is 2. The van der Waals surface area contributed by atoms with Crippen LogP contribution in [0.15, 0.2) is 36.7 Å². The second-order valence-corrected chi connectivity index (χ2v) is 9.82. The molecule has 1 aliphatic heterocycles. The van der Waals surface area contributed by atoms with Crippen LogP contribution in [0.25, 0.3) is 11.3 Å². The van der Waals surface area contributed by atoms with Crippen LogP contribution in [0.1, 0.15) is 68.7 Å². The molecule has 2 fully saturated rings. The Labute approximate surface area is 202 Å². The highest BCUT2D eigenvalue weighted by molar-refractivity contribution is 5.83. The van der Waals surface area contributed by atoms with Crippen LogP contribution in [0.5, 0.6) is 0 Å². The molecule has 1 aromatic heterocycles. The standard InChI is InChI=1S/C27H37N5O2/c1-18-9-6-7-12-20(18)22-16-23(31-17-30-22)25-13-8-14-32(25)27(34)21(15-24(29-2)26(28)33)19-10-4-3-5-11-19/h6-7,9,12,16-17,19,21,24-25,29H,3-5,8,10-11,13-15H2,1-2H3,(H2,28,33). The van der Waals surface area contributed by atoms with Gasteiger partial charge in [0.2, 0.25) is 11.8 Å². The van der Waals surface area contributed by atoms with Crippen LogP contribution in [0.3, 0.4) is 0 Å². The molecular formula is C27H37N5O2. The number of likely N-dealkylation sites (tertiary alicyclic amines) is 1. The fourth-order valence-corrected chi connectivity index (χ4v) is 5.77. The van der Waals surface area contributed by atoms with Crippen LogP contribution in [-0.2, 0) is 9.59 Å². The number of nitrogens with two attached hydrogens (primary N) is 1. The smallest absolute Gasteiger partial charge is 0.234 e. The van der Waals surface area contributed by atoms with Crippen molar-refractivity contribution in [1.29, 1.82) is 0 Å². The van der Waals surface area contributed by atoms with E-state index >= 15 is 0 Å². The van der Waals surface area contributed by atoms with Gasteiger partial charge >= 0.3 is 0 Å². The zero-order chi connectivity index (χ0) is 24.1. The van der Waals surface area contributed by atoms with E-state index in [1.54, 1.807) is 13.4 Å². The van der Waals surface area contributed by atoms with Gasteiger partial charge in [0.25, 0.3) is 0 Å². The van der Waals surface area contributed by atoms with E-state index in [1.807, 2.05) is 23.1 Å².